The fraction of sp³-hybridized carbons (Fsp3) is 0.176. The minimum Gasteiger partial charge on any atom is -0.481 e. The summed E-state index contributed by atoms with van der Waals surface area (Å²) >= 11 is 7.02. The maximum Gasteiger partial charge on any atom is 0.266 e. The van der Waals surface area contributed by atoms with Crippen LogP contribution in [0, 0.1) is 0 Å². The predicted octanol–water partition coefficient (Wildman–Crippen LogP) is 3.76. The standard InChI is InChI=1S/C17H15ClN2O4S2/c1-10(24-12-5-3-11(18)4-6-12)16(21)20-17-19-14-8-7-13(26(2,22)23)9-15(14)25-17/h3-10H,1-2H3,(H,19,20,21). The van der Waals surface area contributed by atoms with Crippen LogP contribution < -0.4 is 10.1 Å². The smallest absolute Gasteiger partial charge is 0.266 e. The molecule has 9 heteroatoms. The van der Waals surface area contributed by atoms with Crippen LogP contribution in [0.1, 0.15) is 6.92 Å². The molecule has 26 heavy (non-hydrogen) atoms. The molecule has 0 bridgehead atoms. The maximum absolute atomic E-state index is 12.3. The van der Waals surface area contributed by atoms with Crippen LogP contribution in [0.15, 0.2) is 47.4 Å². The topological polar surface area (TPSA) is 85.4 Å². The van der Waals surface area contributed by atoms with E-state index in [1.54, 1.807) is 43.3 Å². The van der Waals surface area contributed by atoms with Gasteiger partial charge in [0.05, 0.1) is 15.1 Å². The van der Waals surface area contributed by atoms with Crippen molar-refractivity contribution in [3.8, 4) is 5.75 Å². The molecule has 1 N–H and O–H groups in total. The number of carbonyl (C=O) groups is 1. The van der Waals surface area contributed by atoms with E-state index in [0.717, 1.165) is 6.26 Å². The first kappa shape index (κ1) is 18.6. The van der Waals surface area contributed by atoms with Gasteiger partial charge in [-0.2, -0.15) is 0 Å². The summed E-state index contributed by atoms with van der Waals surface area (Å²) < 4.78 is 29.5. The van der Waals surface area contributed by atoms with Crippen molar-refractivity contribution >= 4 is 54.0 Å². The molecular formula is C17H15ClN2O4S2. The molecule has 0 radical (unpaired) electrons. The van der Waals surface area contributed by atoms with E-state index in [9.17, 15) is 13.2 Å². The highest BCUT2D eigenvalue weighted by Gasteiger charge is 2.17. The summed E-state index contributed by atoms with van der Waals surface area (Å²) in [5.41, 5.74) is 0.615. The summed E-state index contributed by atoms with van der Waals surface area (Å²) in [6, 6.07) is 11.4. The Labute approximate surface area is 159 Å². The molecule has 6 nitrogen and oxygen atoms in total. The summed E-state index contributed by atoms with van der Waals surface area (Å²) in [6.07, 6.45) is 0.406. The molecule has 0 saturated carbocycles. The average Bonchev–Trinajstić information content (AvgIpc) is 2.97. The van der Waals surface area contributed by atoms with Gasteiger partial charge in [0.25, 0.3) is 5.91 Å². The number of amides is 1. The molecule has 3 rings (SSSR count). The lowest BCUT2D eigenvalue weighted by molar-refractivity contribution is -0.122. The van der Waals surface area contributed by atoms with Gasteiger partial charge < -0.3 is 4.74 Å². The molecule has 0 spiro atoms. The average molecular weight is 411 g/mol. The largest absolute Gasteiger partial charge is 0.481 e. The highest BCUT2D eigenvalue weighted by atomic mass is 35.5. The number of nitrogens with zero attached hydrogens (tertiary/aromatic N) is 1. The van der Waals surface area contributed by atoms with Crippen LogP contribution in [-0.2, 0) is 14.6 Å². The molecule has 3 aromatic rings. The first-order valence-electron chi connectivity index (χ1n) is 7.56. The highest BCUT2D eigenvalue weighted by Crippen LogP contribution is 2.28. The number of carbonyl (C=O) groups excluding carboxylic acids is 1. The number of anilines is 1. The zero-order valence-electron chi connectivity index (χ0n) is 13.9. The number of halogens is 1. The maximum atomic E-state index is 12.3. The van der Waals surface area contributed by atoms with Crippen molar-refractivity contribution in [2.45, 2.75) is 17.9 Å². The van der Waals surface area contributed by atoms with Gasteiger partial charge in [0.1, 0.15) is 5.75 Å². The van der Waals surface area contributed by atoms with Crippen LogP contribution in [-0.4, -0.2) is 31.7 Å². The van der Waals surface area contributed by atoms with E-state index in [1.165, 1.54) is 17.4 Å². The number of hydrogen-bond acceptors (Lipinski definition) is 6. The van der Waals surface area contributed by atoms with Crippen LogP contribution in [0.2, 0.25) is 5.02 Å². The number of benzene rings is 2. The molecule has 0 aliphatic heterocycles. The van der Waals surface area contributed by atoms with Gasteiger partial charge in [0.2, 0.25) is 0 Å². The fourth-order valence-corrected chi connectivity index (χ4v) is 3.92. The number of thiazole rings is 1. The monoisotopic (exact) mass is 410 g/mol. The van der Waals surface area contributed by atoms with Crippen molar-refractivity contribution in [2.75, 3.05) is 11.6 Å². The quantitative estimate of drug-likeness (QED) is 0.692. The Balaban J connectivity index is 1.73. The van der Waals surface area contributed by atoms with Crippen molar-refractivity contribution in [3.05, 3.63) is 47.5 Å². The molecule has 1 unspecified atom stereocenters. The fourth-order valence-electron chi connectivity index (χ4n) is 2.17. The Hall–Kier alpha value is -2.16. The van der Waals surface area contributed by atoms with Gasteiger partial charge in [0, 0.05) is 11.3 Å². The third-order valence-electron chi connectivity index (χ3n) is 3.51. The van der Waals surface area contributed by atoms with E-state index in [0.29, 0.717) is 26.1 Å². The van der Waals surface area contributed by atoms with E-state index < -0.39 is 15.9 Å². The van der Waals surface area contributed by atoms with Crippen molar-refractivity contribution < 1.29 is 17.9 Å². The number of ether oxygens (including phenoxy) is 1. The molecular weight excluding hydrogens is 396 g/mol. The molecule has 0 fully saturated rings. The second-order valence-corrected chi connectivity index (χ2v) is 9.11. The summed E-state index contributed by atoms with van der Waals surface area (Å²) in [5.74, 6) is 0.168. The number of rotatable bonds is 5. The molecule has 1 atom stereocenters. The molecule has 136 valence electrons. The minimum absolute atomic E-state index is 0.214. The van der Waals surface area contributed by atoms with Gasteiger partial charge in [-0.05, 0) is 49.4 Å². The van der Waals surface area contributed by atoms with E-state index in [4.69, 9.17) is 16.3 Å². The van der Waals surface area contributed by atoms with Gasteiger partial charge in [0.15, 0.2) is 21.1 Å². The Morgan fingerprint density at radius 2 is 1.92 bits per heavy atom. The highest BCUT2D eigenvalue weighted by molar-refractivity contribution is 7.90. The zero-order valence-corrected chi connectivity index (χ0v) is 16.3. The molecule has 1 heterocycles. The third kappa shape index (κ3) is 4.32. The number of fused-ring (bicyclic) bond motifs is 1. The van der Waals surface area contributed by atoms with Crippen LogP contribution in [0.3, 0.4) is 0 Å². The molecule has 2 aromatic carbocycles. The zero-order chi connectivity index (χ0) is 18.9. The van der Waals surface area contributed by atoms with Crippen LogP contribution >= 0.6 is 22.9 Å². The number of nitrogens with one attached hydrogen (secondary N) is 1. The Kier molecular flexibility index (Phi) is 5.17. The Bertz CT molecular complexity index is 1060. The van der Waals surface area contributed by atoms with Crippen molar-refractivity contribution in [1.82, 2.24) is 4.98 Å². The summed E-state index contributed by atoms with van der Waals surface area (Å²) in [6.45, 7) is 1.62. The first-order chi connectivity index (χ1) is 12.2. The summed E-state index contributed by atoms with van der Waals surface area (Å²) in [5, 5.41) is 3.65. The lowest BCUT2D eigenvalue weighted by atomic mass is 10.3. The molecule has 1 amide bonds. The van der Waals surface area contributed by atoms with Gasteiger partial charge in [-0.3, -0.25) is 10.1 Å². The number of sulfone groups is 1. The lowest BCUT2D eigenvalue weighted by Gasteiger charge is -2.13. The molecule has 0 aliphatic carbocycles. The lowest BCUT2D eigenvalue weighted by Crippen LogP contribution is -2.30. The Morgan fingerprint density at radius 1 is 1.23 bits per heavy atom. The van der Waals surface area contributed by atoms with Crippen molar-refractivity contribution in [2.24, 2.45) is 0 Å². The van der Waals surface area contributed by atoms with Gasteiger partial charge in [-0.15, -0.1) is 0 Å². The van der Waals surface area contributed by atoms with Crippen molar-refractivity contribution in [1.29, 1.82) is 0 Å². The van der Waals surface area contributed by atoms with Gasteiger partial charge in [-0.25, -0.2) is 13.4 Å². The molecule has 1 aromatic heterocycles. The van der Waals surface area contributed by atoms with Crippen LogP contribution in [0.5, 0.6) is 5.75 Å². The van der Waals surface area contributed by atoms with E-state index in [2.05, 4.69) is 10.3 Å². The van der Waals surface area contributed by atoms with E-state index in [-0.39, 0.29) is 10.8 Å². The predicted molar refractivity (Wildman–Crippen MR) is 103 cm³/mol. The number of aromatic nitrogens is 1. The first-order valence-corrected chi connectivity index (χ1v) is 10.6. The normalized spacial score (nSPS) is 12.7. The SMILES string of the molecule is CC(Oc1ccc(Cl)cc1)C(=O)Nc1nc2ccc(S(C)(=O)=O)cc2s1. The second-order valence-electron chi connectivity index (χ2n) is 5.62. The third-order valence-corrected chi connectivity index (χ3v) is 5.81. The van der Waals surface area contributed by atoms with Gasteiger partial charge in [-0.1, -0.05) is 22.9 Å². The van der Waals surface area contributed by atoms with Gasteiger partial charge >= 0.3 is 0 Å². The van der Waals surface area contributed by atoms with E-state index >= 15 is 0 Å². The van der Waals surface area contributed by atoms with E-state index in [1.807, 2.05) is 0 Å². The van der Waals surface area contributed by atoms with Crippen LogP contribution in [0.25, 0.3) is 10.2 Å². The number of hydrogen-bond donors (Lipinski definition) is 1. The molecule has 0 aliphatic rings. The molecule has 0 saturated heterocycles. The summed E-state index contributed by atoms with van der Waals surface area (Å²) in [4.78, 5) is 16.8. The Morgan fingerprint density at radius 3 is 2.58 bits per heavy atom. The second kappa shape index (κ2) is 7.22. The van der Waals surface area contributed by atoms with Crippen molar-refractivity contribution in [3.63, 3.8) is 0 Å². The summed E-state index contributed by atoms with van der Waals surface area (Å²) in [7, 11) is -3.30. The minimum atomic E-state index is -3.30. The van der Waals surface area contributed by atoms with Crippen LogP contribution in [0.4, 0.5) is 5.13 Å².